The number of rotatable bonds is 6. The van der Waals surface area contributed by atoms with E-state index >= 15 is 0 Å². The third-order valence-electron chi connectivity index (χ3n) is 3.43. The van der Waals surface area contributed by atoms with Crippen LogP contribution in [-0.2, 0) is 20.7 Å². The molecule has 0 aromatic heterocycles. The maximum Gasteiger partial charge on any atom is 0.329 e. The van der Waals surface area contributed by atoms with Gasteiger partial charge in [-0.3, -0.25) is 4.79 Å². The fourth-order valence-corrected chi connectivity index (χ4v) is 2.31. The van der Waals surface area contributed by atoms with Crippen LogP contribution in [0, 0.1) is 12.8 Å². The van der Waals surface area contributed by atoms with Gasteiger partial charge in [0.05, 0.1) is 13.5 Å². The molecule has 1 atom stereocenters. The Labute approximate surface area is 144 Å². The molecule has 1 N–H and O–H groups in total. The van der Waals surface area contributed by atoms with Gasteiger partial charge >= 0.3 is 5.97 Å². The van der Waals surface area contributed by atoms with Crippen LogP contribution >= 0.6 is 0 Å². The Morgan fingerprint density at radius 3 is 2.33 bits per heavy atom. The molecule has 24 heavy (non-hydrogen) atoms. The molecule has 1 aromatic carbocycles. The second-order valence-electron chi connectivity index (χ2n) is 7.31. The molecule has 1 rings (SSSR count). The Balaban J connectivity index is 2.83. The van der Waals surface area contributed by atoms with Crippen molar-refractivity contribution in [2.24, 2.45) is 5.92 Å². The summed E-state index contributed by atoms with van der Waals surface area (Å²) in [5.41, 5.74) is 1.25. The molecule has 0 bridgehead atoms. The summed E-state index contributed by atoms with van der Waals surface area (Å²) in [7, 11) is 1.57. The number of nitrogens with one attached hydrogen (secondary N) is 1. The summed E-state index contributed by atoms with van der Waals surface area (Å²) in [5, 5.41) is 2.79. The SMILES string of the molecule is COc1ccc(C)cc1CC(=O)N[C@H](C(=O)OC(C)(C)C)C(C)C. The molecule has 0 spiro atoms. The summed E-state index contributed by atoms with van der Waals surface area (Å²) in [4.78, 5) is 24.7. The lowest BCUT2D eigenvalue weighted by Gasteiger charge is -2.26. The van der Waals surface area contributed by atoms with Gasteiger partial charge in [0.25, 0.3) is 0 Å². The zero-order valence-corrected chi connectivity index (χ0v) is 15.7. The summed E-state index contributed by atoms with van der Waals surface area (Å²) < 4.78 is 10.7. The van der Waals surface area contributed by atoms with Crippen molar-refractivity contribution in [3.63, 3.8) is 0 Å². The average molecular weight is 335 g/mol. The number of benzene rings is 1. The fraction of sp³-hybridized carbons (Fsp3) is 0.579. The first-order valence-corrected chi connectivity index (χ1v) is 8.19. The second kappa shape index (κ2) is 8.18. The van der Waals surface area contributed by atoms with Crippen LogP contribution in [0.5, 0.6) is 5.75 Å². The summed E-state index contributed by atoms with van der Waals surface area (Å²) in [6.45, 7) is 11.1. The highest BCUT2D eigenvalue weighted by Crippen LogP contribution is 2.20. The number of hydrogen-bond acceptors (Lipinski definition) is 4. The van der Waals surface area contributed by atoms with Gasteiger partial charge in [0.15, 0.2) is 0 Å². The van der Waals surface area contributed by atoms with Crippen molar-refractivity contribution in [2.75, 3.05) is 7.11 Å². The number of methoxy groups -OCH3 is 1. The molecular weight excluding hydrogens is 306 g/mol. The van der Waals surface area contributed by atoms with Crippen LogP contribution in [0.2, 0.25) is 0 Å². The number of hydrogen-bond donors (Lipinski definition) is 1. The maximum absolute atomic E-state index is 12.4. The van der Waals surface area contributed by atoms with Crippen molar-refractivity contribution >= 4 is 11.9 Å². The molecule has 134 valence electrons. The molecule has 0 saturated carbocycles. The average Bonchev–Trinajstić information content (AvgIpc) is 2.42. The molecule has 5 nitrogen and oxygen atoms in total. The molecule has 0 fully saturated rings. The first-order valence-electron chi connectivity index (χ1n) is 8.19. The van der Waals surface area contributed by atoms with Gasteiger partial charge in [-0.05, 0) is 39.7 Å². The Morgan fingerprint density at radius 1 is 1.21 bits per heavy atom. The number of amides is 1. The van der Waals surface area contributed by atoms with Gasteiger partial charge in [-0.25, -0.2) is 4.79 Å². The van der Waals surface area contributed by atoms with Crippen molar-refractivity contribution in [1.82, 2.24) is 5.32 Å². The van der Waals surface area contributed by atoms with Crippen LogP contribution in [0.1, 0.15) is 45.7 Å². The van der Waals surface area contributed by atoms with E-state index in [1.54, 1.807) is 7.11 Å². The lowest BCUT2D eigenvalue weighted by Crippen LogP contribution is -2.47. The Bertz CT molecular complexity index is 588. The number of esters is 1. The normalized spacial score (nSPS) is 12.7. The van der Waals surface area contributed by atoms with Gasteiger partial charge in [-0.1, -0.05) is 31.5 Å². The topological polar surface area (TPSA) is 64.6 Å². The summed E-state index contributed by atoms with van der Waals surface area (Å²) >= 11 is 0. The third-order valence-corrected chi connectivity index (χ3v) is 3.43. The van der Waals surface area contributed by atoms with E-state index in [0.717, 1.165) is 11.1 Å². The zero-order chi connectivity index (χ0) is 18.5. The highest BCUT2D eigenvalue weighted by atomic mass is 16.6. The van der Waals surface area contributed by atoms with E-state index in [0.29, 0.717) is 5.75 Å². The van der Waals surface area contributed by atoms with Crippen molar-refractivity contribution < 1.29 is 19.1 Å². The van der Waals surface area contributed by atoms with Crippen molar-refractivity contribution in [3.8, 4) is 5.75 Å². The van der Waals surface area contributed by atoms with Crippen LogP contribution in [0.15, 0.2) is 18.2 Å². The second-order valence-corrected chi connectivity index (χ2v) is 7.31. The van der Waals surface area contributed by atoms with Crippen LogP contribution in [0.25, 0.3) is 0 Å². The first-order chi connectivity index (χ1) is 11.0. The predicted molar refractivity (Wildman–Crippen MR) is 94.0 cm³/mol. The van der Waals surface area contributed by atoms with Crippen molar-refractivity contribution in [1.29, 1.82) is 0 Å². The third kappa shape index (κ3) is 6.22. The lowest BCUT2D eigenvalue weighted by atomic mass is 10.0. The monoisotopic (exact) mass is 335 g/mol. The molecule has 5 heteroatoms. The first kappa shape index (κ1) is 20.0. The van der Waals surface area contributed by atoms with E-state index < -0.39 is 17.6 Å². The number of carbonyl (C=O) groups is 2. The molecule has 0 aliphatic carbocycles. The Morgan fingerprint density at radius 2 is 1.83 bits per heavy atom. The smallest absolute Gasteiger partial charge is 0.329 e. The quantitative estimate of drug-likeness (QED) is 0.812. The van der Waals surface area contributed by atoms with Gasteiger partial charge in [-0.2, -0.15) is 0 Å². The van der Waals surface area contributed by atoms with Crippen LogP contribution < -0.4 is 10.1 Å². The molecule has 1 aromatic rings. The summed E-state index contributed by atoms with van der Waals surface area (Å²) in [6.07, 6.45) is 0.150. The minimum Gasteiger partial charge on any atom is -0.496 e. The lowest BCUT2D eigenvalue weighted by molar-refractivity contribution is -0.159. The van der Waals surface area contributed by atoms with Crippen LogP contribution in [0.4, 0.5) is 0 Å². The number of aryl methyl sites for hydroxylation is 1. The Hall–Kier alpha value is -2.04. The van der Waals surface area contributed by atoms with E-state index in [1.165, 1.54) is 0 Å². The predicted octanol–water partition coefficient (Wildman–Crippen LogP) is 3.03. The van der Waals surface area contributed by atoms with Gasteiger partial charge in [0.1, 0.15) is 17.4 Å². The molecule has 0 unspecified atom stereocenters. The maximum atomic E-state index is 12.4. The van der Waals surface area contributed by atoms with Gasteiger partial charge in [0, 0.05) is 5.56 Å². The van der Waals surface area contributed by atoms with E-state index in [4.69, 9.17) is 9.47 Å². The summed E-state index contributed by atoms with van der Waals surface area (Å²) in [6, 6.07) is 5.01. The number of ether oxygens (including phenoxy) is 2. The van der Waals surface area contributed by atoms with E-state index in [9.17, 15) is 9.59 Å². The van der Waals surface area contributed by atoms with E-state index in [1.807, 2.05) is 59.7 Å². The van der Waals surface area contributed by atoms with Crippen LogP contribution in [0.3, 0.4) is 0 Å². The zero-order valence-electron chi connectivity index (χ0n) is 15.7. The minimum atomic E-state index is -0.674. The van der Waals surface area contributed by atoms with Gasteiger partial charge in [-0.15, -0.1) is 0 Å². The largest absolute Gasteiger partial charge is 0.496 e. The fourth-order valence-electron chi connectivity index (χ4n) is 2.31. The highest BCUT2D eigenvalue weighted by molar-refractivity contribution is 5.86. The molecule has 0 radical (unpaired) electrons. The molecule has 0 saturated heterocycles. The highest BCUT2D eigenvalue weighted by Gasteiger charge is 2.29. The van der Waals surface area contributed by atoms with Gasteiger partial charge < -0.3 is 14.8 Å². The van der Waals surface area contributed by atoms with Crippen molar-refractivity contribution in [2.45, 2.75) is 59.6 Å². The van der Waals surface area contributed by atoms with E-state index in [-0.39, 0.29) is 18.2 Å². The van der Waals surface area contributed by atoms with Crippen LogP contribution in [-0.4, -0.2) is 30.6 Å². The standard InChI is InChI=1S/C19H29NO4/c1-12(2)17(18(22)24-19(4,5)6)20-16(21)11-14-10-13(3)8-9-15(14)23-7/h8-10,12,17H,11H2,1-7H3,(H,20,21)/t17-/m0/s1. The molecule has 1 amide bonds. The Kier molecular flexibility index (Phi) is 6.81. The van der Waals surface area contributed by atoms with Gasteiger partial charge in [0.2, 0.25) is 5.91 Å². The minimum absolute atomic E-state index is 0.0665. The van der Waals surface area contributed by atoms with E-state index in [2.05, 4.69) is 5.32 Å². The van der Waals surface area contributed by atoms with Crippen molar-refractivity contribution in [3.05, 3.63) is 29.3 Å². The summed E-state index contributed by atoms with van der Waals surface area (Å²) in [5.74, 6) is -0.0529. The number of carbonyl (C=O) groups excluding carboxylic acids is 2. The molecule has 0 aliphatic heterocycles. The molecular formula is C19H29NO4. The molecule has 0 aliphatic rings. The molecule has 0 heterocycles.